The Bertz CT molecular complexity index is 472. The molecular formula is C14H23N3O3S. The van der Waals surface area contributed by atoms with Gasteiger partial charge in [-0.3, -0.25) is 9.59 Å². The Kier molecular flexibility index (Phi) is 7.14. The smallest absolute Gasteiger partial charge is 0.311 e. The van der Waals surface area contributed by atoms with E-state index in [9.17, 15) is 9.59 Å². The summed E-state index contributed by atoms with van der Waals surface area (Å²) in [6.07, 6.45) is 0.157. The second kappa shape index (κ2) is 8.61. The highest BCUT2D eigenvalue weighted by atomic mass is 32.1. The highest BCUT2D eigenvalue weighted by molar-refractivity contribution is 7.13. The summed E-state index contributed by atoms with van der Waals surface area (Å²) >= 11 is 1.38. The molecule has 7 heteroatoms. The normalized spacial score (nSPS) is 11.8. The summed E-state index contributed by atoms with van der Waals surface area (Å²) in [4.78, 5) is 29.6. The van der Waals surface area contributed by atoms with Gasteiger partial charge in [0.05, 0.1) is 18.7 Å². The lowest BCUT2D eigenvalue weighted by Gasteiger charge is -2.23. The maximum atomic E-state index is 12.1. The van der Waals surface area contributed by atoms with E-state index in [0.717, 1.165) is 0 Å². The molecule has 0 saturated heterocycles. The van der Waals surface area contributed by atoms with E-state index in [1.165, 1.54) is 11.3 Å². The molecule has 21 heavy (non-hydrogen) atoms. The zero-order chi connectivity index (χ0) is 15.8. The number of nitrogens with one attached hydrogen (secondary N) is 1. The minimum Gasteiger partial charge on any atom is -0.466 e. The van der Waals surface area contributed by atoms with E-state index in [1.807, 2.05) is 20.8 Å². The predicted molar refractivity (Wildman–Crippen MR) is 83.5 cm³/mol. The van der Waals surface area contributed by atoms with Crippen LogP contribution in [0.4, 0.5) is 5.13 Å². The summed E-state index contributed by atoms with van der Waals surface area (Å²) in [7, 11) is 0. The molecule has 0 aliphatic rings. The van der Waals surface area contributed by atoms with E-state index in [0.29, 0.717) is 30.5 Å². The number of carbonyl (C=O) groups is 2. The van der Waals surface area contributed by atoms with Crippen molar-refractivity contribution < 1.29 is 14.3 Å². The zero-order valence-electron chi connectivity index (χ0n) is 13.0. The van der Waals surface area contributed by atoms with Crippen LogP contribution in [0.5, 0.6) is 0 Å². The van der Waals surface area contributed by atoms with Crippen LogP contribution in [0.1, 0.15) is 33.4 Å². The molecule has 1 heterocycles. The first-order chi connectivity index (χ1) is 10.0. The molecule has 0 aliphatic carbocycles. The molecule has 1 rings (SSSR count). The Hall–Kier alpha value is -1.63. The highest BCUT2D eigenvalue weighted by Gasteiger charge is 2.19. The van der Waals surface area contributed by atoms with Gasteiger partial charge in [0.1, 0.15) is 6.04 Å². The molecule has 0 radical (unpaired) electrons. The van der Waals surface area contributed by atoms with Crippen LogP contribution in [0.3, 0.4) is 0 Å². The number of thiazole rings is 1. The SMILES string of the molecule is CCOC(=O)Cc1csc(NC(C)C(=O)N(CC)CC)n1. The zero-order valence-corrected chi connectivity index (χ0v) is 13.8. The first kappa shape index (κ1) is 17.4. The van der Waals surface area contributed by atoms with Crippen LogP contribution in [0.15, 0.2) is 5.38 Å². The van der Waals surface area contributed by atoms with Crippen LogP contribution in [-0.2, 0) is 20.7 Å². The van der Waals surface area contributed by atoms with Gasteiger partial charge in [-0.05, 0) is 27.7 Å². The van der Waals surface area contributed by atoms with E-state index in [-0.39, 0.29) is 24.3 Å². The fourth-order valence-corrected chi connectivity index (χ4v) is 2.67. The lowest BCUT2D eigenvalue weighted by atomic mass is 10.3. The third-order valence-electron chi connectivity index (χ3n) is 2.97. The second-order valence-electron chi connectivity index (χ2n) is 4.50. The van der Waals surface area contributed by atoms with E-state index >= 15 is 0 Å². The summed E-state index contributed by atoms with van der Waals surface area (Å²) in [6.45, 7) is 9.23. The number of likely N-dealkylation sites (N-methyl/N-ethyl adjacent to an activating group) is 1. The largest absolute Gasteiger partial charge is 0.466 e. The fourth-order valence-electron chi connectivity index (χ4n) is 1.87. The van der Waals surface area contributed by atoms with Crippen molar-refractivity contribution in [3.8, 4) is 0 Å². The number of amides is 1. The van der Waals surface area contributed by atoms with Crippen LogP contribution in [0.25, 0.3) is 0 Å². The fraction of sp³-hybridized carbons (Fsp3) is 0.643. The van der Waals surface area contributed by atoms with Crippen molar-refractivity contribution in [3.63, 3.8) is 0 Å². The van der Waals surface area contributed by atoms with Crippen LogP contribution >= 0.6 is 11.3 Å². The Morgan fingerprint density at radius 3 is 2.62 bits per heavy atom. The van der Waals surface area contributed by atoms with Gasteiger partial charge in [-0.15, -0.1) is 11.3 Å². The lowest BCUT2D eigenvalue weighted by Crippen LogP contribution is -2.41. The Labute approximate surface area is 129 Å². The molecule has 0 spiro atoms. The van der Waals surface area contributed by atoms with Gasteiger partial charge in [0.2, 0.25) is 5.91 Å². The summed E-state index contributed by atoms with van der Waals surface area (Å²) in [6, 6.07) is -0.341. The molecule has 0 aromatic carbocycles. The Balaban J connectivity index is 2.57. The molecule has 1 unspecified atom stereocenters. The number of rotatable bonds is 8. The number of anilines is 1. The maximum absolute atomic E-state index is 12.1. The van der Waals surface area contributed by atoms with Crippen molar-refractivity contribution in [2.45, 2.75) is 40.2 Å². The number of hydrogen-bond donors (Lipinski definition) is 1. The summed E-state index contributed by atoms with van der Waals surface area (Å²) in [5.41, 5.74) is 0.656. The number of nitrogens with zero attached hydrogens (tertiary/aromatic N) is 2. The monoisotopic (exact) mass is 313 g/mol. The third-order valence-corrected chi connectivity index (χ3v) is 3.79. The average molecular weight is 313 g/mol. The number of hydrogen-bond acceptors (Lipinski definition) is 6. The summed E-state index contributed by atoms with van der Waals surface area (Å²) in [5, 5.41) is 5.52. The topological polar surface area (TPSA) is 71.5 Å². The molecular weight excluding hydrogens is 290 g/mol. The van der Waals surface area contributed by atoms with Gasteiger partial charge in [-0.2, -0.15) is 0 Å². The molecule has 1 aromatic rings. The van der Waals surface area contributed by atoms with Gasteiger partial charge in [0, 0.05) is 18.5 Å². The van der Waals surface area contributed by atoms with Gasteiger partial charge in [-0.25, -0.2) is 4.98 Å². The maximum Gasteiger partial charge on any atom is 0.311 e. The molecule has 1 aromatic heterocycles. The number of esters is 1. The van der Waals surface area contributed by atoms with E-state index in [2.05, 4.69) is 10.3 Å². The minimum atomic E-state index is -0.341. The molecule has 0 aliphatic heterocycles. The standard InChI is InChI=1S/C14H23N3O3S/c1-5-17(6-2)13(19)10(4)15-14-16-11(9-21-14)8-12(18)20-7-3/h9-10H,5-8H2,1-4H3,(H,15,16). The molecule has 0 saturated carbocycles. The molecule has 0 bridgehead atoms. The van der Waals surface area contributed by atoms with Gasteiger partial charge < -0.3 is 15.0 Å². The summed E-state index contributed by atoms with van der Waals surface area (Å²) < 4.78 is 4.88. The molecule has 1 amide bonds. The van der Waals surface area contributed by atoms with Crippen molar-refractivity contribution in [1.82, 2.24) is 9.88 Å². The molecule has 1 atom stereocenters. The molecule has 6 nitrogen and oxygen atoms in total. The predicted octanol–water partition coefficient (Wildman–Crippen LogP) is 1.92. The van der Waals surface area contributed by atoms with Crippen LogP contribution in [-0.4, -0.2) is 47.5 Å². The quantitative estimate of drug-likeness (QED) is 0.742. The van der Waals surface area contributed by atoms with Crippen molar-refractivity contribution >= 4 is 28.3 Å². The molecule has 118 valence electrons. The first-order valence-electron chi connectivity index (χ1n) is 7.17. The van der Waals surface area contributed by atoms with Crippen LogP contribution < -0.4 is 5.32 Å². The Morgan fingerprint density at radius 2 is 2.05 bits per heavy atom. The van der Waals surface area contributed by atoms with Gasteiger partial charge in [0.15, 0.2) is 5.13 Å². The average Bonchev–Trinajstić information content (AvgIpc) is 2.87. The number of ether oxygens (including phenoxy) is 1. The van der Waals surface area contributed by atoms with Gasteiger partial charge in [0.25, 0.3) is 0 Å². The molecule has 1 N–H and O–H groups in total. The van der Waals surface area contributed by atoms with Gasteiger partial charge >= 0.3 is 5.97 Å². The van der Waals surface area contributed by atoms with Crippen molar-refractivity contribution in [3.05, 3.63) is 11.1 Å². The van der Waals surface area contributed by atoms with Crippen molar-refractivity contribution in [1.29, 1.82) is 0 Å². The van der Waals surface area contributed by atoms with E-state index in [1.54, 1.807) is 17.2 Å². The van der Waals surface area contributed by atoms with E-state index in [4.69, 9.17) is 4.74 Å². The van der Waals surface area contributed by atoms with Crippen LogP contribution in [0, 0.1) is 0 Å². The Morgan fingerprint density at radius 1 is 1.38 bits per heavy atom. The van der Waals surface area contributed by atoms with Crippen molar-refractivity contribution in [2.24, 2.45) is 0 Å². The minimum absolute atomic E-state index is 0.0437. The first-order valence-corrected chi connectivity index (χ1v) is 8.05. The van der Waals surface area contributed by atoms with Gasteiger partial charge in [-0.1, -0.05) is 0 Å². The van der Waals surface area contributed by atoms with Crippen LogP contribution in [0.2, 0.25) is 0 Å². The highest BCUT2D eigenvalue weighted by Crippen LogP contribution is 2.17. The van der Waals surface area contributed by atoms with E-state index < -0.39 is 0 Å². The number of carbonyl (C=O) groups excluding carboxylic acids is 2. The summed E-state index contributed by atoms with van der Waals surface area (Å²) in [5.74, 6) is -0.247. The lowest BCUT2D eigenvalue weighted by molar-refractivity contribution is -0.142. The molecule has 0 fully saturated rings. The second-order valence-corrected chi connectivity index (χ2v) is 5.36. The third kappa shape index (κ3) is 5.34. The van der Waals surface area contributed by atoms with Crippen molar-refractivity contribution in [2.75, 3.05) is 25.0 Å². The number of aromatic nitrogens is 1.